The van der Waals surface area contributed by atoms with Crippen LogP contribution < -0.4 is 0 Å². The molecule has 0 aliphatic heterocycles. The lowest BCUT2D eigenvalue weighted by Crippen LogP contribution is -2.11. The molecule has 0 aromatic rings. The summed E-state index contributed by atoms with van der Waals surface area (Å²) in [4.78, 5) is 22.1. The van der Waals surface area contributed by atoms with Crippen LogP contribution in [-0.2, 0) is 19.1 Å². The lowest BCUT2D eigenvalue weighted by Gasteiger charge is -2.09. The van der Waals surface area contributed by atoms with Gasteiger partial charge in [0.25, 0.3) is 0 Å². The fourth-order valence-corrected chi connectivity index (χ4v) is 1.20. The molecule has 1 atom stereocenters. The van der Waals surface area contributed by atoms with Crippen molar-refractivity contribution < 1.29 is 19.1 Å². The third-order valence-corrected chi connectivity index (χ3v) is 1.97. The number of hydrogen-bond acceptors (Lipinski definition) is 4. The Morgan fingerprint density at radius 2 is 1.60 bits per heavy atom. The SMILES string of the molecule is CCOC(=O)CC[C@@H](C)CC(=O)OCC. The normalized spacial score (nSPS) is 11.9. The molecule has 0 aromatic heterocycles. The highest BCUT2D eigenvalue weighted by Crippen LogP contribution is 2.11. The molecule has 0 aliphatic carbocycles. The van der Waals surface area contributed by atoms with Crippen molar-refractivity contribution in [2.24, 2.45) is 5.92 Å². The van der Waals surface area contributed by atoms with Crippen LogP contribution in [0.25, 0.3) is 0 Å². The van der Waals surface area contributed by atoms with E-state index in [1.165, 1.54) is 0 Å². The largest absolute Gasteiger partial charge is 0.466 e. The average molecular weight is 216 g/mol. The van der Waals surface area contributed by atoms with Gasteiger partial charge in [-0.25, -0.2) is 0 Å². The molecule has 0 spiro atoms. The molecule has 0 aliphatic rings. The molecule has 0 heterocycles. The van der Waals surface area contributed by atoms with Gasteiger partial charge >= 0.3 is 11.9 Å². The van der Waals surface area contributed by atoms with E-state index in [0.717, 1.165) is 0 Å². The van der Waals surface area contributed by atoms with Gasteiger partial charge in [0.2, 0.25) is 0 Å². The Balaban J connectivity index is 3.60. The zero-order valence-corrected chi connectivity index (χ0v) is 9.75. The van der Waals surface area contributed by atoms with Crippen LogP contribution in [0.2, 0.25) is 0 Å². The molecular weight excluding hydrogens is 196 g/mol. The molecule has 0 aromatic carbocycles. The second-order valence-electron chi connectivity index (χ2n) is 3.46. The molecule has 0 fully saturated rings. The van der Waals surface area contributed by atoms with E-state index in [2.05, 4.69) is 0 Å². The number of esters is 2. The molecule has 0 amide bonds. The number of carbonyl (C=O) groups is 2. The summed E-state index contributed by atoms with van der Waals surface area (Å²) in [7, 11) is 0. The number of ether oxygens (including phenoxy) is 2. The molecule has 0 saturated heterocycles. The molecule has 0 rings (SSSR count). The van der Waals surface area contributed by atoms with Crippen molar-refractivity contribution in [1.29, 1.82) is 0 Å². The Labute approximate surface area is 90.9 Å². The van der Waals surface area contributed by atoms with Gasteiger partial charge in [0.15, 0.2) is 0 Å². The summed E-state index contributed by atoms with van der Waals surface area (Å²) < 4.78 is 9.60. The Hall–Kier alpha value is -1.06. The summed E-state index contributed by atoms with van der Waals surface area (Å²) in [5.74, 6) is -0.240. The minimum absolute atomic E-state index is 0.161. The molecule has 0 radical (unpaired) electrons. The van der Waals surface area contributed by atoms with Crippen molar-refractivity contribution >= 4 is 11.9 Å². The van der Waals surface area contributed by atoms with Crippen molar-refractivity contribution in [3.63, 3.8) is 0 Å². The van der Waals surface area contributed by atoms with E-state index < -0.39 is 0 Å². The lowest BCUT2D eigenvalue weighted by atomic mass is 10.0. The van der Waals surface area contributed by atoms with Gasteiger partial charge in [0, 0.05) is 12.8 Å². The van der Waals surface area contributed by atoms with E-state index in [-0.39, 0.29) is 17.9 Å². The number of hydrogen-bond donors (Lipinski definition) is 0. The summed E-state index contributed by atoms with van der Waals surface area (Å²) in [5, 5.41) is 0. The molecular formula is C11H20O4. The van der Waals surface area contributed by atoms with Gasteiger partial charge in [-0.3, -0.25) is 9.59 Å². The maximum Gasteiger partial charge on any atom is 0.306 e. The minimum atomic E-state index is -0.201. The maximum absolute atomic E-state index is 11.1. The van der Waals surface area contributed by atoms with E-state index in [4.69, 9.17) is 9.47 Å². The fourth-order valence-electron chi connectivity index (χ4n) is 1.20. The first-order valence-corrected chi connectivity index (χ1v) is 5.41. The summed E-state index contributed by atoms with van der Waals surface area (Å²) >= 11 is 0. The zero-order chi connectivity index (χ0) is 11.7. The van der Waals surface area contributed by atoms with Crippen LogP contribution in [0.1, 0.15) is 40.0 Å². The lowest BCUT2D eigenvalue weighted by molar-refractivity contribution is -0.146. The van der Waals surface area contributed by atoms with Gasteiger partial charge in [-0.15, -0.1) is 0 Å². The van der Waals surface area contributed by atoms with Crippen LogP contribution in [0, 0.1) is 5.92 Å². The van der Waals surface area contributed by atoms with Gasteiger partial charge in [-0.05, 0) is 26.2 Å². The molecule has 0 unspecified atom stereocenters. The van der Waals surface area contributed by atoms with Crippen LogP contribution in [0.3, 0.4) is 0 Å². The van der Waals surface area contributed by atoms with E-state index in [9.17, 15) is 9.59 Å². The molecule has 4 nitrogen and oxygen atoms in total. The third kappa shape index (κ3) is 7.97. The monoisotopic (exact) mass is 216 g/mol. The summed E-state index contributed by atoms with van der Waals surface area (Å²) in [6, 6.07) is 0. The molecule has 0 bridgehead atoms. The Morgan fingerprint density at radius 3 is 2.13 bits per heavy atom. The van der Waals surface area contributed by atoms with Crippen LogP contribution in [0.5, 0.6) is 0 Å². The van der Waals surface area contributed by atoms with Crippen molar-refractivity contribution in [2.45, 2.75) is 40.0 Å². The van der Waals surface area contributed by atoms with E-state index in [1.54, 1.807) is 13.8 Å². The van der Waals surface area contributed by atoms with Crippen molar-refractivity contribution in [3.05, 3.63) is 0 Å². The van der Waals surface area contributed by atoms with E-state index >= 15 is 0 Å². The Kier molecular flexibility index (Phi) is 7.68. The first-order valence-electron chi connectivity index (χ1n) is 5.41. The third-order valence-electron chi connectivity index (χ3n) is 1.97. The quantitative estimate of drug-likeness (QED) is 0.610. The predicted molar refractivity (Wildman–Crippen MR) is 56.3 cm³/mol. The maximum atomic E-state index is 11.1. The standard InChI is InChI=1S/C11H20O4/c1-4-14-10(12)7-6-9(3)8-11(13)15-5-2/h9H,4-8H2,1-3H3/t9-/m1/s1. The highest BCUT2D eigenvalue weighted by molar-refractivity contribution is 5.70. The molecule has 0 saturated carbocycles. The second kappa shape index (κ2) is 8.26. The van der Waals surface area contributed by atoms with Crippen molar-refractivity contribution in [2.75, 3.05) is 13.2 Å². The summed E-state index contributed by atoms with van der Waals surface area (Å²) in [5.41, 5.74) is 0. The molecule has 0 N–H and O–H groups in total. The van der Waals surface area contributed by atoms with Crippen LogP contribution >= 0.6 is 0 Å². The van der Waals surface area contributed by atoms with Gasteiger partial charge < -0.3 is 9.47 Å². The van der Waals surface area contributed by atoms with Crippen LogP contribution in [0.15, 0.2) is 0 Å². The molecule has 88 valence electrons. The minimum Gasteiger partial charge on any atom is -0.466 e. The van der Waals surface area contributed by atoms with Gasteiger partial charge in [0.05, 0.1) is 13.2 Å². The smallest absolute Gasteiger partial charge is 0.306 e. The number of carbonyl (C=O) groups excluding carboxylic acids is 2. The Bertz CT molecular complexity index is 201. The van der Waals surface area contributed by atoms with E-state index in [0.29, 0.717) is 32.5 Å². The topological polar surface area (TPSA) is 52.6 Å². The number of rotatable bonds is 7. The zero-order valence-electron chi connectivity index (χ0n) is 9.75. The first kappa shape index (κ1) is 13.9. The summed E-state index contributed by atoms with van der Waals surface area (Å²) in [6.45, 7) is 6.30. The Morgan fingerprint density at radius 1 is 1.07 bits per heavy atom. The van der Waals surface area contributed by atoms with Crippen LogP contribution in [0.4, 0.5) is 0 Å². The van der Waals surface area contributed by atoms with E-state index in [1.807, 2.05) is 6.92 Å². The molecule has 4 heteroatoms. The van der Waals surface area contributed by atoms with Gasteiger partial charge in [-0.2, -0.15) is 0 Å². The first-order chi connectivity index (χ1) is 7.10. The predicted octanol–water partition coefficient (Wildman–Crippen LogP) is 1.92. The highest BCUT2D eigenvalue weighted by Gasteiger charge is 2.12. The average Bonchev–Trinajstić information content (AvgIpc) is 2.15. The van der Waals surface area contributed by atoms with Crippen LogP contribution in [-0.4, -0.2) is 25.2 Å². The van der Waals surface area contributed by atoms with Gasteiger partial charge in [0.1, 0.15) is 0 Å². The van der Waals surface area contributed by atoms with Gasteiger partial charge in [-0.1, -0.05) is 6.92 Å². The highest BCUT2D eigenvalue weighted by atomic mass is 16.5. The second-order valence-corrected chi connectivity index (χ2v) is 3.46. The van der Waals surface area contributed by atoms with Crippen molar-refractivity contribution in [1.82, 2.24) is 0 Å². The molecule has 15 heavy (non-hydrogen) atoms. The van der Waals surface area contributed by atoms with Crippen molar-refractivity contribution in [3.8, 4) is 0 Å². The summed E-state index contributed by atoms with van der Waals surface area (Å²) in [6.07, 6.45) is 1.40. The fraction of sp³-hybridized carbons (Fsp3) is 0.818.